The van der Waals surface area contributed by atoms with Gasteiger partial charge in [-0.15, -0.1) is 0 Å². The van der Waals surface area contributed by atoms with E-state index < -0.39 is 0 Å². The summed E-state index contributed by atoms with van der Waals surface area (Å²) in [6.07, 6.45) is 0. The van der Waals surface area contributed by atoms with Crippen molar-refractivity contribution in [2.24, 2.45) is 0 Å². The minimum Gasteiger partial charge on any atom is -0.309 e. The summed E-state index contributed by atoms with van der Waals surface area (Å²) >= 11 is 0. The molecule has 0 atom stereocenters. The Morgan fingerprint density at radius 2 is 0.678 bits per heavy atom. The maximum Gasteiger partial charge on any atom is 0.263 e. The second kappa shape index (κ2) is 13.1. The van der Waals surface area contributed by atoms with E-state index in [1.807, 2.05) is 22.8 Å². The Labute approximate surface area is 339 Å². The summed E-state index contributed by atoms with van der Waals surface area (Å²) in [4.78, 5) is 15.5. The van der Waals surface area contributed by atoms with Gasteiger partial charge in [0.1, 0.15) is 0 Å². The lowest BCUT2D eigenvalue weighted by Gasteiger charge is -2.16. The average molecular weight is 754 g/mol. The molecule has 0 amide bonds. The van der Waals surface area contributed by atoms with Gasteiger partial charge in [0.2, 0.25) is 0 Å². The van der Waals surface area contributed by atoms with Crippen LogP contribution < -0.4 is 5.56 Å². The number of nitrogens with zero attached hydrogens (tertiary/aromatic N) is 3. The van der Waals surface area contributed by atoms with Crippen molar-refractivity contribution in [2.45, 2.75) is 0 Å². The van der Waals surface area contributed by atoms with Crippen LogP contribution in [0.25, 0.3) is 105 Å². The summed E-state index contributed by atoms with van der Waals surface area (Å²) in [5, 5.41) is 7.20. The number of rotatable bonds is 5. The number of fused-ring (bicyclic) bond motifs is 9. The van der Waals surface area contributed by atoms with Crippen LogP contribution in [0.3, 0.4) is 0 Å². The highest BCUT2D eigenvalue weighted by atomic mass is 16.1. The minimum atomic E-state index is -0.0578. The summed E-state index contributed by atoms with van der Waals surface area (Å²) in [6, 6.07) is 74.6. The van der Waals surface area contributed by atoms with Gasteiger partial charge in [0.25, 0.3) is 5.56 Å². The van der Waals surface area contributed by atoms with Gasteiger partial charge in [-0.3, -0.25) is 9.36 Å². The maximum atomic E-state index is 15.5. The van der Waals surface area contributed by atoms with Gasteiger partial charge < -0.3 is 9.13 Å². The first kappa shape index (κ1) is 33.2. The molecule has 0 radical (unpaired) electrons. The van der Waals surface area contributed by atoms with Crippen molar-refractivity contribution < 1.29 is 0 Å². The monoisotopic (exact) mass is 753 g/mol. The second-order valence-corrected chi connectivity index (χ2v) is 15.3. The first-order chi connectivity index (χ1) is 29.2. The zero-order chi connectivity index (χ0) is 39.0. The third-order valence-electron chi connectivity index (χ3n) is 12.0. The van der Waals surface area contributed by atoms with Crippen LogP contribution in [-0.4, -0.2) is 13.7 Å². The summed E-state index contributed by atoms with van der Waals surface area (Å²) in [6.45, 7) is 0. The zero-order valence-electron chi connectivity index (χ0n) is 32.0. The highest BCUT2D eigenvalue weighted by molar-refractivity contribution is 6.21. The molecular weight excluding hydrogens is 719 g/mol. The topological polar surface area (TPSA) is 31.9 Å². The summed E-state index contributed by atoms with van der Waals surface area (Å²) < 4.78 is 6.56. The van der Waals surface area contributed by atoms with Crippen molar-refractivity contribution in [3.63, 3.8) is 0 Å². The molecule has 0 aliphatic carbocycles. The van der Waals surface area contributed by atoms with Gasteiger partial charge >= 0.3 is 0 Å². The third kappa shape index (κ3) is 5.13. The lowest BCUT2D eigenvalue weighted by Crippen LogP contribution is -2.19. The molecule has 0 spiro atoms. The number of hydrogen-bond donors (Lipinski definition) is 0. The second-order valence-electron chi connectivity index (χ2n) is 15.3. The Hall–Kier alpha value is -7.95. The fourth-order valence-electron chi connectivity index (χ4n) is 9.33. The number of hydrogen-bond acceptors (Lipinski definition) is 1. The van der Waals surface area contributed by atoms with E-state index in [-0.39, 0.29) is 5.56 Å². The lowest BCUT2D eigenvalue weighted by molar-refractivity contribution is 1.06. The summed E-state index contributed by atoms with van der Waals surface area (Å²) in [5.41, 5.74) is 12.5. The molecule has 59 heavy (non-hydrogen) atoms. The first-order valence-corrected chi connectivity index (χ1v) is 20.1. The van der Waals surface area contributed by atoms with Crippen molar-refractivity contribution in [3.8, 4) is 39.3 Å². The van der Waals surface area contributed by atoms with Gasteiger partial charge in [0, 0.05) is 44.0 Å². The Bertz CT molecular complexity index is 3650. The van der Waals surface area contributed by atoms with E-state index in [0.29, 0.717) is 5.39 Å². The minimum absolute atomic E-state index is 0.0578. The molecule has 12 rings (SSSR count). The van der Waals surface area contributed by atoms with E-state index in [4.69, 9.17) is 0 Å². The Morgan fingerprint density at radius 1 is 0.237 bits per heavy atom. The quantitative estimate of drug-likeness (QED) is 0.161. The van der Waals surface area contributed by atoms with E-state index in [2.05, 4.69) is 203 Å². The molecule has 4 heteroatoms. The van der Waals surface area contributed by atoms with E-state index in [1.165, 1.54) is 10.9 Å². The third-order valence-corrected chi connectivity index (χ3v) is 12.0. The summed E-state index contributed by atoms with van der Waals surface area (Å²) in [5.74, 6) is 0. The average Bonchev–Trinajstić information content (AvgIpc) is 3.81. The van der Waals surface area contributed by atoms with Crippen LogP contribution in [0.5, 0.6) is 0 Å². The van der Waals surface area contributed by atoms with Gasteiger partial charge in [0.15, 0.2) is 0 Å². The molecule has 0 unspecified atom stereocenters. The molecule has 0 aliphatic rings. The predicted molar refractivity (Wildman–Crippen MR) is 247 cm³/mol. The van der Waals surface area contributed by atoms with Crippen LogP contribution in [-0.2, 0) is 0 Å². The largest absolute Gasteiger partial charge is 0.309 e. The van der Waals surface area contributed by atoms with Crippen molar-refractivity contribution in [1.82, 2.24) is 13.7 Å². The van der Waals surface area contributed by atoms with Gasteiger partial charge in [-0.2, -0.15) is 0 Å². The van der Waals surface area contributed by atoms with E-state index >= 15 is 4.79 Å². The maximum absolute atomic E-state index is 15.5. The van der Waals surface area contributed by atoms with Crippen LogP contribution >= 0.6 is 0 Å². The highest BCUT2D eigenvalue weighted by Gasteiger charge is 2.21. The van der Waals surface area contributed by atoms with Crippen molar-refractivity contribution >= 4 is 65.3 Å². The van der Waals surface area contributed by atoms with E-state index in [9.17, 15) is 0 Å². The SMILES string of the molecule is O=c1c2cc3c(cc2c2cc4c5ccccc5n(-c5ccccc5)c4cc2n1-c1cccc(-c2ccccc2)c1)c1ccccc1n3-c1ccc(-c2ccccc2)cc1. The molecule has 3 heterocycles. The van der Waals surface area contributed by atoms with Crippen molar-refractivity contribution in [1.29, 1.82) is 0 Å². The molecule has 4 nitrogen and oxygen atoms in total. The molecule has 0 saturated carbocycles. The fourth-order valence-corrected chi connectivity index (χ4v) is 9.33. The molecule has 3 aromatic heterocycles. The van der Waals surface area contributed by atoms with E-state index in [0.717, 1.165) is 88.3 Å². The Balaban J connectivity index is 1.20. The lowest BCUT2D eigenvalue weighted by atomic mass is 10.00. The van der Waals surface area contributed by atoms with Crippen LogP contribution in [0.1, 0.15) is 0 Å². The fraction of sp³-hybridized carbons (Fsp3) is 0. The first-order valence-electron chi connectivity index (χ1n) is 20.1. The molecule has 0 saturated heterocycles. The normalized spacial score (nSPS) is 11.8. The Morgan fingerprint density at radius 3 is 1.32 bits per heavy atom. The van der Waals surface area contributed by atoms with Gasteiger partial charge in [-0.05, 0) is 100 Å². The molecule has 0 bridgehead atoms. The molecule has 0 N–H and O–H groups in total. The summed E-state index contributed by atoms with van der Waals surface area (Å²) in [7, 11) is 0. The smallest absolute Gasteiger partial charge is 0.263 e. The number of para-hydroxylation sites is 3. The molecule has 9 aromatic carbocycles. The zero-order valence-corrected chi connectivity index (χ0v) is 32.0. The molecule has 12 aromatic rings. The number of aromatic nitrogens is 3. The predicted octanol–water partition coefficient (Wildman–Crippen LogP) is 13.7. The van der Waals surface area contributed by atoms with Crippen LogP contribution in [0.15, 0.2) is 217 Å². The highest BCUT2D eigenvalue weighted by Crippen LogP contribution is 2.40. The Kier molecular flexibility index (Phi) is 7.35. The van der Waals surface area contributed by atoms with Crippen molar-refractivity contribution in [3.05, 3.63) is 223 Å². The molecule has 276 valence electrons. The van der Waals surface area contributed by atoms with E-state index in [1.54, 1.807) is 0 Å². The molecular formula is C55H35N3O. The van der Waals surface area contributed by atoms with Crippen LogP contribution in [0.4, 0.5) is 0 Å². The standard InChI is InChI=1S/C55H35N3O/c59-55-49-34-52-46(43-23-10-13-26-51(43)57(52)41-29-27-38(28-30-41)36-15-4-1-5-16-36)32-45(49)48-33-47-44-24-11-12-25-50(44)56(40-20-8-3-9-21-40)53(47)35-54(48)58(55)42-22-14-19-39(31-42)37-17-6-2-7-18-37/h1-35H. The van der Waals surface area contributed by atoms with Crippen LogP contribution in [0, 0.1) is 0 Å². The van der Waals surface area contributed by atoms with Gasteiger partial charge in [0.05, 0.1) is 33.0 Å². The molecule has 0 aliphatic heterocycles. The van der Waals surface area contributed by atoms with Gasteiger partial charge in [-0.25, -0.2) is 0 Å². The van der Waals surface area contributed by atoms with Crippen molar-refractivity contribution in [2.75, 3.05) is 0 Å². The van der Waals surface area contributed by atoms with Gasteiger partial charge in [-0.1, -0.05) is 140 Å². The number of benzene rings is 9. The molecule has 0 fully saturated rings. The van der Waals surface area contributed by atoms with Crippen LogP contribution in [0.2, 0.25) is 0 Å². The number of pyridine rings is 1.